The Bertz CT molecular complexity index is 1120. The first kappa shape index (κ1) is 24.1. The molecule has 0 atom stereocenters. The summed E-state index contributed by atoms with van der Waals surface area (Å²) in [5.74, 6) is -0.654. The summed E-state index contributed by atoms with van der Waals surface area (Å²) in [5.41, 5.74) is 6.50. The van der Waals surface area contributed by atoms with E-state index in [0.717, 1.165) is 6.21 Å². The molecule has 9 nitrogen and oxygen atoms in total. The van der Waals surface area contributed by atoms with Crippen LogP contribution in [0.3, 0.4) is 0 Å². The van der Waals surface area contributed by atoms with Crippen LogP contribution in [0.1, 0.15) is 51.7 Å². The molecular formula is C23H30BFN6O3. The normalized spacial score (nSPS) is 19.3. The minimum atomic E-state index is -0.798. The van der Waals surface area contributed by atoms with Crippen molar-refractivity contribution in [2.75, 3.05) is 18.8 Å². The van der Waals surface area contributed by atoms with Gasteiger partial charge in [0.1, 0.15) is 0 Å². The zero-order valence-electron chi connectivity index (χ0n) is 20.0. The SMILES string of the molecule is CC1(C)OB(c2cc(C3=CCCN(C(=O)CCn4ccnn4)C3)c(F)c(N)c2C=N)OC1(C)C. The van der Waals surface area contributed by atoms with E-state index in [1.807, 2.05) is 33.8 Å². The first-order valence-electron chi connectivity index (χ1n) is 11.3. The third-order valence-electron chi connectivity index (χ3n) is 6.90. The van der Waals surface area contributed by atoms with Crippen molar-refractivity contribution in [2.24, 2.45) is 0 Å². The lowest BCUT2D eigenvalue weighted by molar-refractivity contribution is -0.131. The molecule has 1 saturated heterocycles. The highest BCUT2D eigenvalue weighted by molar-refractivity contribution is 6.63. The number of aryl methyl sites for hydroxylation is 1. The lowest BCUT2D eigenvalue weighted by atomic mass is 9.74. The number of anilines is 1. The third-order valence-corrected chi connectivity index (χ3v) is 6.90. The maximum Gasteiger partial charge on any atom is 0.495 e. The van der Waals surface area contributed by atoms with Gasteiger partial charge in [0.2, 0.25) is 5.91 Å². The number of carbonyl (C=O) groups excluding carboxylic acids is 1. The van der Waals surface area contributed by atoms with Gasteiger partial charge in [-0.05, 0) is 45.2 Å². The number of hydrogen-bond donors (Lipinski definition) is 2. The van der Waals surface area contributed by atoms with Crippen LogP contribution in [0.5, 0.6) is 0 Å². The van der Waals surface area contributed by atoms with E-state index < -0.39 is 24.1 Å². The average molecular weight is 468 g/mol. The highest BCUT2D eigenvalue weighted by atomic mass is 19.1. The van der Waals surface area contributed by atoms with E-state index in [4.69, 9.17) is 20.5 Å². The molecule has 0 aliphatic carbocycles. The molecule has 3 heterocycles. The number of carbonyl (C=O) groups is 1. The predicted molar refractivity (Wildman–Crippen MR) is 128 cm³/mol. The number of amides is 1. The fraction of sp³-hybridized carbons (Fsp3) is 0.478. The minimum Gasteiger partial charge on any atom is -0.399 e. The lowest BCUT2D eigenvalue weighted by Crippen LogP contribution is -2.41. The molecule has 2 aliphatic rings. The van der Waals surface area contributed by atoms with Gasteiger partial charge in [0.05, 0.1) is 29.6 Å². The fourth-order valence-corrected chi connectivity index (χ4v) is 4.15. The van der Waals surface area contributed by atoms with Crippen LogP contribution in [-0.4, -0.2) is 63.4 Å². The number of halogens is 1. The van der Waals surface area contributed by atoms with Gasteiger partial charge in [0.15, 0.2) is 5.82 Å². The number of nitrogen functional groups attached to an aromatic ring is 1. The molecule has 0 radical (unpaired) electrons. The molecule has 3 N–H and O–H groups in total. The van der Waals surface area contributed by atoms with Crippen LogP contribution >= 0.6 is 0 Å². The van der Waals surface area contributed by atoms with E-state index in [9.17, 15) is 4.79 Å². The fourth-order valence-electron chi connectivity index (χ4n) is 4.15. The van der Waals surface area contributed by atoms with E-state index in [0.29, 0.717) is 36.1 Å². The van der Waals surface area contributed by atoms with Crippen LogP contribution in [0.2, 0.25) is 0 Å². The maximum absolute atomic E-state index is 15.4. The zero-order chi connectivity index (χ0) is 24.7. The van der Waals surface area contributed by atoms with Gasteiger partial charge in [-0.15, -0.1) is 5.10 Å². The van der Waals surface area contributed by atoms with Gasteiger partial charge >= 0.3 is 7.12 Å². The number of hydrogen-bond acceptors (Lipinski definition) is 7. The molecule has 2 aliphatic heterocycles. The van der Waals surface area contributed by atoms with Crippen LogP contribution in [0, 0.1) is 11.2 Å². The smallest absolute Gasteiger partial charge is 0.399 e. The summed E-state index contributed by atoms with van der Waals surface area (Å²) in [4.78, 5) is 14.5. The number of aromatic nitrogens is 3. The summed E-state index contributed by atoms with van der Waals surface area (Å²) < 4.78 is 29.3. The van der Waals surface area contributed by atoms with Crippen LogP contribution in [0.25, 0.3) is 5.57 Å². The molecule has 2 aromatic rings. The van der Waals surface area contributed by atoms with Crippen molar-refractivity contribution in [1.29, 1.82) is 5.41 Å². The van der Waals surface area contributed by atoms with Gasteiger partial charge in [-0.25, -0.2) is 4.39 Å². The minimum absolute atomic E-state index is 0.0447. The van der Waals surface area contributed by atoms with E-state index in [1.54, 1.807) is 28.0 Å². The van der Waals surface area contributed by atoms with Gasteiger partial charge in [0.25, 0.3) is 0 Å². The molecule has 0 spiro atoms. The Morgan fingerprint density at radius 2 is 2.03 bits per heavy atom. The highest BCUT2D eigenvalue weighted by Gasteiger charge is 2.52. The van der Waals surface area contributed by atoms with Crippen molar-refractivity contribution in [3.05, 3.63) is 41.5 Å². The van der Waals surface area contributed by atoms with Gasteiger partial charge in [0, 0.05) is 43.0 Å². The summed E-state index contributed by atoms with van der Waals surface area (Å²) in [6.45, 7) is 8.96. The van der Waals surface area contributed by atoms with E-state index in [1.165, 1.54) is 0 Å². The van der Waals surface area contributed by atoms with Gasteiger partial charge < -0.3 is 25.4 Å². The van der Waals surface area contributed by atoms with E-state index in [2.05, 4.69) is 10.3 Å². The summed E-state index contributed by atoms with van der Waals surface area (Å²) in [6, 6.07) is 1.64. The summed E-state index contributed by atoms with van der Waals surface area (Å²) in [7, 11) is -0.798. The number of nitrogens with two attached hydrogens (primary N) is 1. The second kappa shape index (κ2) is 8.96. The lowest BCUT2D eigenvalue weighted by Gasteiger charge is -2.32. The Morgan fingerprint density at radius 1 is 1.32 bits per heavy atom. The van der Waals surface area contributed by atoms with Gasteiger partial charge in [-0.3, -0.25) is 9.48 Å². The first-order chi connectivity index (χ1) is 16.0. The number of rotatable bonds is 6. The summed E-state index contributed by atoms with van der Waals surface area (Å²) in [5, 5.41) is 15.5. The second-order valence-electron chi connectivity index (χ2n) is 9.64. The molecule has 0 saturated carbocycles. The van der Waals surface area contributed by atoms with Crippen molar-refractivity contribution in [2.45, 2.75) is 58.3 Å². The van der Waals surface area contributed by atoms with Crippen molar-refractivity contribution in [3.8, 4) is 0 Å². The first-order valence-corrected chi connectivity index (χ1v) is 11.3. The zero-order valence-corrected chi connectivity index (χ0v) is 20.0. The molecule has 1 aromatic heterocycles. The molecule has 34 heavy (non-hydrogen) atoms. The van der Waals surface area contributed by atoms with Crippen LogP contribution in [-0.2, 0) is 20.6 Å². The van der Waals surface area contributed by atoms with Crippen molar-refractivity contribution in [1.82, 2.24) is 19.9 Å². The second-order valence-corrected chi connectivity index (χ2v) is 9.64. The van der Waals surface area contributed by atoms with Crippen LogP contribution in [0.4, 0.5) is 10.1 Å². The Balaban J connectivity index is 1.61. The summed E-state index contributed by atoms with van der Waals surface area (Å²) >= 11 is 0. The van der Waals surface area contributed by atoms with E-state index >= 15 is 4.39 Å². The molecule has 11 heteroatoms. The van der Waals surface area contributed by atoms with Crippen LogP contribution in [0.15, 0.2) is 24.5 Å². The van der Waals surface area contributed by atoms with Crippen molar-refractivity contribution < 1.29 is 18.5 Å². The topological polar surface area (TPSA) is 119 Å². The molecule has 1 fully saturated rings. The largest absolute Gasteiger partial charge is 0.495 e. The number of benzene rings is 1. The Morgan fingerprint density at radius 3 is 2.65 bits per heavy atom. The van der Waals surface area contributed by atoms with Crippen molar-refractivity contribution >= 4 is 36.0 Å². The average Bonchev–Trinajstić information content (AvgIpc) is 3.39. The molecule has 0 unspecified atom stereocenters. The Kier molecular flexibility index (Phi) is 6.35. The third kappa shape index (κ3) is 4.37. The van der Waals surface area contributed by atoms with E-state index in [-0.39, 0.29) is 30.1 Å². The number of nitrogens with zero attached hydrogens (tertiary/aromatic N) is 4. The maximum atomic E-state index is 15.4. The molecule has 4 rings (SSSR count). The molecule has 0 bridgehead atoms. The predicted octanol–water partition coefficient (Wildman–Crippen LogP) is 2.00. The molecule has 1 aromatic carbocycles. The number of nitrogens with one attached hydrogen (secondary N) is 1. The standard InChI is InChI=1S/C23H30BFN6O3/c1-22(2)23(3,4)34-24(33-22)18-12-16(20(25)21(27)17(18)13-26)15-6-5-9-30(14-15)19(32)7-10-31-11-8-28-29-31/h6,8,11-13,26H,5,7,9-10,14,27H2,1-4H3. The quantitative estimate of drug-likeness (QED) is 0.380. The van der Waals surface area contributed by atoms with Crippen molar-refractivity contribution in [3.63, 3.8) is 0 Å². The monoisotopic (exact) mass is 468 g/mol. The van der Waals surface area contributed by atoms with Gasteiger partial charge in [-0.1, -0.05) is 17.4 Å². The Labute approximate surface area is 198 Å². The molecule has 1 amide bonds. The Hall–Kier alpha value is -3.05. The van der Waals surface area contributed by atoms with Gasteiger partial charge in [-0.2, -0.15) is 0 Å². The summed E-state index contributed by atoms with van der Waals surface area (Å²) in [6.07, 6.45) is 7.09. The molecule has 180 valence electrons. The molecular weight excluding hydrogens is 438 g/mol. The van der Waals surface area contributed by atoms with Crippen LogP contribution < -0.4 is 11.2 Å². The highest BCUT2D eigenvalue weighted by Crippen LogP contribution is 2.37.